The number of carboxylic acids is 1. The number of carboxylic acid groups (broad SMARTS) is 1. The molecule has 11 heavy (non-hydrogen) atoms. The van der Waals surface area contributed by atoms with Crippen molar-refractivity contribution in [3.63, 3.8) is 0 Å². The highest BCUT2D eigenvalue weighted by Crippen LogP contribution is 2.42. The second-order valence-corrected chi connectivity index (χ2v) is 3.53. The molecule has 2 aliphatic carbocycles. The standard InChI is InChI=1S/C9H12O2/c10-9(11)8-4-6-2-1-3-7(6)5-8/h2,7-8H,1,3-5H2,(H,10,11). The van der Waals surface area contributed by atoms with Crippen LogP contribution in [0.25, 0.3) is 0 Å². The van der Waals surface area contributed by atoms with Crippen LogP contribution in [-0.2, 0) is 4.79 Å². The lowest BCUT2D eigenvalue weighted by molar-refractivity contribution is -0.141. The third-order valence-corrected chi connectivity index (χ3v) is 2.85. The van der Waals surface area contributed by atoms with Crippen molar-refractivity contribution < 1.29 is 9.90 Å². The first kappa shape index (κ1) is 6.89. The van der Waals surface area contributed by atoms with Crippen molar-refractivity contribution in [3.8, 4) is 0 Å². The van der Waals surface area contributed by atoms with E-state index in [1.54, 1.807) is 0 Å². The van der Waals surface area contributed by atoms with E-state index >= 15 is 0 Å². The van der Waals surface area contributed by atoms with Gasteiger partial charge in [-0.2, -0.15) is 0 Å². The lowest BCUT2D eigenvalue weighted by Gasteiger charge is -2.02. The normalized spacial score (nSPS) is 35.1. The summed E-state index contributed by atoms with van der Waals surface area (Å²) in [7, 11) is 0. The molecule has 0 bridgehead atoms. The van der Waals surface area contributed by atoms with Gasteiger partial charge in [0.1, 0.15) is 0 Å². The van der Waals surface area contributed by atoms with Crippen molar-refractivity contribution in [1.29, 1.82) is 0 Å². The molecule has 0 spiro atoms. The fourth-order valence-corrected chi connectivity index (χ4v) is 2.24. The Hall–Kier alpha value is -0.790. The first-order chi connectivity index (χ1) is 5.27. The van der Waals surface area contributed by atoms with E-state index in [-0.39, 0.29) is 5.92 Å². The predicted octanol–water partition coefficient (Wildman–Crippen LogP) is 1.82. The highest BCUT2D eigenvalue weighted by Gasteiger charge is 2.34. The molecule has 0 amide bonds. The Morgan fingerprint density at radius 1 is 1.64 bits per heavy atom. The summed E-state index contributed by atoms with van der Waals surface area (Å²) >= 11 is 0. The zero-order chi connectivity index (χ0) is 7.84. The van der Waals surface area contributed by atoms with E-state index in [4.69, 9.17) is 5.11 Å². The van der Waals surface area contributed by atoms with Crippen molar-refractivity contribution >= 4 is 5.97 Å². The van der Waals surface area contributed by atoms with Crippen LogP contribution in [0.4, 0.5) is 0 Å². The van der Waals surface area contributed by atoms with Gasteiger partial charge in [0.25, 0.3) is 0 Å². The molecule has 1 N–H and O–H groups in total. The van der Waals surface area contributed by atoms with Crippen molar-refractivity contribution in [2.45, 2.75) is 25.7 Å². The van der Waals surface area contributed by atoms with Crippen LogP contribution in [-0.4, -0.2) is 11.1 Å². The van der Waals surface area contributed by atoms with Crippen molar-refractivity contribution in [3.05, 3.63) is 11.6 Å². The number of carbonyl (C=O) groups is 1. The van der Waals surface area contributed by atoms with E-state index in [9.17, 15) is 4.79 Å². The Labute approximate surface area is 65.9 Å². The summed E-state index contributed by atoms with van der Waals surface area (Å²) in [6.45, 7) is 0. The van der Waals surface area contributed by atoms with Gasteiger partial charge in [0.2, 0.25) is 0 Å². The van der Waals surface area contributed by atoms with Crippen LogP contribution >= 0.6 is 0 Å². The molecule has 0 aromatic carbocycles. The van der Waals surface area contributed by atoms with Crippen LogP contribution in [0.5, 0.6) is 0 Å². The monoisotopic (exact) mass is 152 g/mol. The molecule has 2 nitrogen and oxygen atoms in total. The van der Waals surface area contributed by atoms with E-state index < -0.39 is 5.97 Å². The molecule has 60 valence electrons. The minimum atomic E-state index is -0.611. The van der Waals surface area contributed by atoms with Crippen LogP contribution in [0.3, 0.4) is 0 Å². The number of aliphatic carboxylic acids is 1. The van der Waals surface area contributed by atoms with Crippen LogP contribution in [0, 0.1) is 11.8 Å². The molecule has 1 saturated carbocycles. The van der Waals surface area contributed by atoms with Gasteiger partial charge in [-0.05, 0) is 31.6 Å². The average molecular weight is 152 g/mol. The lowest BCUT2D eigenvalue weighted by atomic mass is 10.0. The van der Waals surface area contributed by atoms with Gasteiger partial charge in [-0.3, -0.25) is 4.79 Å². The number of allylic oxidation sites excluding steroid dienone is 2. The lowest BCUT2D eigenvalue weighted by Crippen LogP contribution is -2.09. The molecule has 0 aromatic heterocycles. The van der Waals surface area contributed by atoms with Crippen molar-refractivity contribution in [2.75, 3.05) is 0 Å². The average Bonchev–Trinajstić information content (AvgIpc) is 2.40. The molecule has 2 unspecified atom stereocenters. The molecule has 2 aliphatic rings. The highest BCUT2D eigenvalue weighted by atomic mass is 16.4. The van der Waals surface area contributed by atoms with Gasteiger partial charge in [-0.25, -0.2) is 0 Å². The number of rotatable bonds is 1. The molecule has 2 atom stereocenters. The zero-order valence-electron chi connectivity index (χ0n) is 6.42. The molecular weight excluding hydrogens is 140 g/mol. The molecule has 2 heteroatoms. The van der Waals surface area contributed by atoms with Crippen molar-refractivity contribution in [1.82, 2.24) is 0 Å². The van der Waals surface area contributed by atoms with Gasteiger partial charge < -0.3 is 5.11 Å². The minimum absolute atomic E-state index is 0.0773. The Morgan fingerprint density at radius 3 is 3.09 bits per heavy atom. The summed E-state index contributed by atoms with van der Waals surface area (Å²) < 4.78 is 0. The largest absolute Gasteiger partial charge is 0.481 e. The highest BCUT2D eigenvalue weighted by molar-refractivity contribution is 5.71. The predicted molar refractivity (Wildman–Crippen MR) is 41.2 cm³/mol. The van der Waals surface area contributed by atoms with Crippen LogP contribution in [0.2, 0.25) is 0 Å². The van der Waals surface area contributed by atoms with E-state index in [1.165, 1.54) is 18.4 Å². The Kier molecular flexibility index (Phi) is 1.48. The third-order valence-electron chi connectivity index (χ3n) is 2.85. The summed E-state index contributed by atoms with van der Waals surface area (Å²) in [4.78, 5) is 10.6. The summed E-state index contributed by atoms with van der Waals surface area (Å²) in [6.07, 6.45) is 6.31. The second kappa shape index (κ2) is 2.36. The SMILES string of the molecule is O=C(O)C1CC2=CCCC2C1. The molecule has 0 saturated heterocycles. The van der Waals surface area contributed by atoms with Gasteiger partial charge in [-0.15, -0.1) is 0 Å². The maximum Gasteiger partial charge on any atom is 0.306 e. The molecular formula is C9H12O2. The zero-order valence-corrected chi connectivity index (χ0v) is 6.42. The van der Waals surface area contributed by atoms with Crippen LogP contribution in [0.1, 0.15) is 25.7 Å². The smallest absolute Gasteiger partial charge is 0.306 e. The van der Waals surface area contributed by atoms with Crippen LogP contribution < -0.4 is 0 Å². The fourth-order valence-electron chi connectivity index (χ4n) is 2.24. The van der Waals surface area contributed by atoms with Gasteiger partial charge in [0.15, 0.2) is 0 Å². The topological polar surface area (TPSA) is 37.3 Å². The fraction of sp³-hybridized carbons (Fsp3) is 0.667. The quantitative estimate of drug-likeness (QED) is 0.582. The van der Waals surface area contributed by atoms with E-state index in [1.807, 2.05) is 0 Å². The Morgan fingerprint density at radius 2 is 2.45 bits per heavy atom. The molecule has 1 fully saturated rings. The number of hydrogen-bond acceptors (Lipinski definition) is 1. The molecule has 0 radical (unpaired) electrons. The van der Waals surface area contributed by atoms with Gasteiger partial charge in [0, 0.05) is 0 Å². The third kappa shape index (κ3) is 1.06. The maximum absolute atomic E-state index is 10.6. The molecule has 0 aromatic rings. The van der Waals surface area contributed by atoms with Gasteiger partial charge in [0.05, 0.1) is 5.92 Å². The van der Waals surface area contributed by atoms with E-state index in [0.717, 1.165) is 12.8 Å². The molecule has 0 heterocycles. The summed E-state index contributed by atoms with van der Waals surface area (Å²) in [5.41, 5.74) is 1.41. The van der Waals surface area contributed by atoms with Gasteiger partial charge in [-0.1, -0.05) is 11.6 Å². The molecule has 0 aliphatic heterocycles. The Bertz CT molecular complexity index is 218. The van der Waals surface area contributed by atoms with E-state index in [0.29, 0.717) is 5.92 Å². The summed E-state index contributed by atoms with van der Waals surface area (Å²) in [6, 6.07) is 0. The maximum atomic E-state index is 10.6. The van der Waals surface area contributed by atoms with Crippen molar-refractivity contribution in [2.24, 2.45) is 11.8 Å². The second-order valence-electron chi connectivity index (χ2n) is 3.53. The van der Waals surface area contributed by atoms with E-state index in [2.05, 4.69) is 6.08 Å². The number of hydrogen-bond donors (Lipinski definition) is 1. The molecule has 2 rings (SSSR count). The summed E-state index contributed by atoms with van der Waals surface area (Å²) in [5, 5.41) is 8.74. The van der Waals surface area contributed by atoms with Crippen LogP contribution in [0.15, 0.2) is 11.6 Å². The first-order valence-corrected chi connectivity index (χ1v) is 4.19. The van der Waals surface area contributed by atoms with Gasteiger partial charge >= 0.3 is 5.97 Å². The summed E-state index contributed by atoms with van der Waals surface area (Å²) in [5.74, 6) is -0.0667. The minimum Gasteiger partial charge on any atom is -0.481 e. The first-order valence-electron chi connectivity index (χ1n) is 4.19. The Balaban J connectivity index is 2.09. The number of fused-ring (bicyclic) bond motifs is 1.